The number of esters is 1. The molecule has 6 heteroatoms. The number of nitrogens with one attached hydrogen (secondary N) is 1. The van der Waals surface area contributed by atoms with E-state index in [0.717, 1.165) is 5.56 Å². The number of hydrogen-bond acceptors (Lipinski definition) is 5. The largest absolute Gasteiger partial charge is 0.465 e. The average molecular weight is 295 g/mol. The van der Waals surface area contributed by atoms with Crippen molar-refractivity contribution in [2.75, 3.05) is 6.61 Å². The van der Waals surface area contributed by atoms with Gasteiger partial charge in [0.1, 0.15) is 5.16 Å². The molecule has 0 radical (unpaired) electrons. The third-order valence-corrected chi connectivity index (χ3v) is 3.33. The maximum Gasteiger partial charge on any atom is 0.329 e. The van der Waals surface area contributed by atoms with Crippen LogP contribution in [0.5, 0.6) is 0 Å². The van der Waals surface area contributed by atoms with Gasteiger partial charge in [-0.15, -0.1) is 0 Å². The summed E-state index contributed by atoms with van der Waals surface area (Å²) in [5, 5.41) is 1.80. The first kappa shape index (κ1) is 14.6. The molecule has 0 aliphatic carbocycles. The summed E-state index contributed by atoms with van der Waals surface area (Å²) in [4.78, 5) is 22.9. The molecule has 0 aromatic heterocycles. The predicted molar refractivity (Wildman–Crippen MR) is 74.5 cm³/mol. The highest BCUT2D eigenvalue weighted by Crippen LogP contribution is 2.25. The summed E-state index contributed by atoms with van der Waals surface area (Å²) in [5.74, 6) is -0.511. The van der Waals surface area contributed by atoms with Crippen molar-refractivity contribution in [3.8, 4) is 0 Å². The van der Waals surface area contributed by atoms with E-state index in [4.69, 9.17) is 16.3 Å². The van der Waals surface area contributed by atoms with Crippen LogP contribution in [0.3, 0.4) is 0 Å². The van der Waals surface area contributed by atoms with Gasteiger partial charge in [0.25, 0.3) is 0 Å². The number of aldehydes is 1. The Morgan fingerprint density at radius 1 is 1.45 bits per heavy atom. The molecule has 0 spiro atoms. The minimum Gasteiger partial charge on any atom is -0.465 e. The van der Waals surface area contributed by atoms with Crippen molar-refractivity contribution in [3.63, 3.8) is 0 Å². The molecule has 1 N–H and O–H groups in total. The van der Waals surface area contributed by atoms with Gasteiger partial charge in [0.05, 0.1) is 18.7 Å². The zero-order valence-electron chi connectivity index (χ0n) is 11.0. The number of nitrogens with zero attached hydrogens (tertiary/aromatic N) is 1. The van der Waals surface area contributed by atoms with Crippen molar-refractivity contribution in [1.82, 2.24) is 10.4 Å². The second-order valence-electron chi connectivity index (χ2n) is 4.25. The third-order valence-electron chi connectivity index (χ3n) is 2.90. The molecule has 20 heavy (non-hydrogen) atoms. The van der Waals surface area contributed by atoms with E-state index in [9.17, 15) is 9.59 Å². The van der Waals surface area contributed by atoms with Crippen LogP contribution in [0.25, 0.3) is 0 Å². The van der Waals surface area contributed by atoms with Gasteiger partial charge in [0.2, 0.25) is 0 Å². The van der Waals surface area contributed by atoms with E-state index in [0.29, 0.717) is 12.8 Å². The molecule has 0 saturated carbocycles. The van der Waals surface area contributed by atoms with Crippen LogP contribution in [0, 0.1) is 0 Å². The van der Waals surface area contributed by atoms with Gasteiger partial charge in [-0.2, -0.15) is 0 Å². The topological polar surface area (TPSA) is 58.6 Å². The summed E-state index contributed by atoms with van der Waals surface area (Å²) >= 11 is 6.14. The van der Waals surface area contributed by atoms with Gasteiger partial charge in [-0.25, -0.2) is 10.2 Å². The van der Waals surface area contributed by atoms with Crippen molar-refractivity contribution in [2.45, 2.75) is 19.5 Å². The number of hydrogen-bond donors (Lipinski definition) is 1. The van der Waals surface area contributed by atoms with Crippen LogP contribution in [0.15, 0.2) is 41.1 Å². The molecule has 1 aromatic carbocycles. The van der Waals surface area contributed by atoms with Crippen molar-refractivity contribution in [3.05, 3.63) is 46.6 Å². The second kappa shape index (κ2) is 6.54. The fraction of sp³-hybridized carbons (Fsp3) is 0.286. The quantitative estimate of drug-likeness (QED) is 0.508. The first-order valence-electron chi connectivity index (χ1n) is 6.26. The number of carbonyl (C=O) groups excluding carboxylic acids is 2. The van der Waals surface area contributed by atoms with Gasteiger partial charge in [0.15, 0.2) is 12.3 Å². The summed E-state index contributed by atoms with van der Waals surface area (Å²) in [7, 11) is 0. The van der Waals surface area contributed by atoms with Crippen molar-refractivity contribution < 1.29 is 14.3 Å². The van der Waals surface area contributed by atoms with Gasteiger partial charge in [0, 0.05) is 0 Å². The van der Waals surface area contributed by atoms with E-state index in [-0.39, 0.29) is 17.3 Å². The Balaban J connectivity index is 2.15. The van der Waals surface area contributed by atoms with Gasteiger partial charge in [-0.3, -0.25) is 9.80 Å². The lowest BCUT2D eigenvalue weighted by Gasteiger charge is -2.20. The smallest absolute Gasteiger partial charge is 0.329 e. The molecule has 1 heterocycles. The summed E-state index contributed by atoms with van der Waals surface area (Å²) in [6.45, 7) is 2.41. The number of hydrazine groups is 1. The lowest BCUT2D eigenvalue weighted by molar-refractivity contribution is -0.145. The monoisotopic (exact) mass is 294 g/mol. The van der Waals surface area contributed by atoms with E-state index in [2.05, 4.69) is 5.43 Å². The Morgan fingerprint density at radius 2 is 2.15 bits per heavy atom. The molecule has 5 nitrogen and oxygen atoms in total. The summed E-state index contributed by atoms with van der Waals surface area (Å²) in [6.07, 6.45) is 0.585. The predicted octanol–water partition coefficient (Wildman–Crippen LogP) is 1.59. The maximum absolute atomic E-state index is 11.8. The molecule has 106 valence electrons. The van der Waals surface area contributed by atoms with E-state index in [1.807, 2.05) is 30.3 Å². The SMILES string of the molecule is CCOC(=O)C1NN(Cc2ccccc2)C(Cl)=C1C=O. The van der Waals surface area contributed by atoms with Crippen molar-refractivity contribution in [1.29, 1.82) is 0 Å². The van der Waals surface area contributed by atoms with Crippen LogP contribution in [0.4, 0.5) is 0 Å². The Kier molecular flexibility index (Phi) is 4.76. The number of halogens is 1. The van der Waals surface area contributed by atoms with E-state index >= 15 is 0 Å². The van der Waals surface area contributed by atoms with Crippen LogP contribution in [0.1, 0.15) is 12.5 Å². The Bertz CT molecular complexity index is 530. The van der Waals surface area contributed by atoms with Gasteiger partial charge in [-0.1, -0.05) is 41.9 Å². The third kappa shape index (κ3) is 3.00. The molecule has 1 unspecified atom stereocenters. The van der Waals surface area contributed by atoms with Gasteiger partial charge >= 0.3 is 5.97 Å². The second-order valence-corrected chi connectivity index (χ2v) is 4.61. The molecule has 2 rings (SSSR count). The van der Waals surface area contributed by atoms with E-state index in [1.54, 1.807) is 11.9 Å². The molecule has 1 aliphatic rings. The highest BCUT2D eigenvalue weighted by Gasteiger charge is 2.36. The van der Waals surface area contributed by atoms with Crippen LogP contribution in [-0.4, -0.2) is 29.9 Å². The Morgan fingerprint density at radius 3 is 2.75 bits per heavy atom. The van der Waals surface area contributed by atoms with Crippen molar-refractivity contribution in [2.24, 2.45) is 0 Å². The maximum atomic E-state index is 11.8. The lowest BCUT2D eigenvalue weighted by Crippen LogP contribution is -2.42. The molecule has 0 saturated heterocycles. The highest BCUT2D eigenvalue weighted by atomic mass is 35.5. The molecule has 0 amide bonds. The average Bonchev–Trinajstić information content (AvgIpc) is 2.77. The minimum absolute atomic E-state index is 0.195. The molecule has 0 fully saturated rings. The fourth-order valence-corrected chi connectivity index (χ4v) is 2.22. The standard InChI is InChI=1S/C14H15ClN2O3/c1-2-20-14(19)12-11(9-18)13(15)17(16-12)8-10-6-4-3-5-7-10/h3-7,9,12,16H,2,8H2,1H3. The van der Waals surface area contributed by atoms with Gasteiger partial charge in [-0.05, 0) is 12.5 Å². The lowest BCUT2D eigenvalue weighted by atomic mass is 10.1. The Labute approximate surface area is 122 Å². The molecular weight excluding hydrogens is 280 g/mol. The molecule has 1 aliphatic heterocycles. The van der Waals surface area contributed by atoms with Crippen LogP contribution in [-0.2, 0) is 20.9 Å². The van der Waals surface area contributed by atoms with Crippen LogP contribution >= 0.6 is 11.6 Å². The molecule has 1 aromatic rings. The van der Waals surface area contributed by atoms with E-state index < -0.39 is 12.0 Å². The number of rotatable bonds is 5. The van der Waals surface area contributed by atoms with Crippen LogP contribution in [0.2, 0.25) is 0 Å². The molecular formula is C14H15ClN2O3. The number of carbonyl (C=O) groups is 2. The zero-order chi connectivity index (χ0) is 14.5. The summed E-state index contributed by atoms with van der Waals surface area (Å²) in [5.41, 5.74) is 4.10. The van der Waals surface area contributed by atoms with E-state index in [1.165, 1.54) is 0 Å². The summed E-state index contributed by atoms with van der Waals surface area (Å²) in [6, 6.07) is 8.76. The number of benzene rings is 1. The number of ether oxygens (including phenoxy) is 1. The Hall–Kier alpha value is -1.85. The highest BCUT2D eigenvalue weighted by molar-refractivity contribution is 6.31. The van der Waals surface area contributed by atoms with Crippen LogP contribution < -0.4 is 5.43 Å². The first-order chi connectivity index (χ1) is 9.67. The fourth-order valence-electron chi connectivity index (χ4n) is 1.96. The summed E-state index contributed by atoms with van der Waals surface area (Å²) < 4.78 is 4.92. The normalized spacial score (nSPS) is 18.3. The van der Waals surface area contributed by atoms with Crippen molar-refractivity contribution >= 4 is 23.9 Å². The minimum atomic E-state index is -0.844. The molecule has 1 atom stereocenters. The first-order valence-corrected chi connectivity index (χ1v) is 6.64. The zero-order valence-corrected chi connectivity index (χ0v) is 11.8. The molecule has 0 bridgehead atoms. The van der Waals surface area contributed by atoms with Gasteiger partial charge < -0.3 is 4.74 Å².